The van der Waals surface area contributed by atoms with Crippen molar-refractivity contribution in [3.63, 3.8) is 0 Å². The van der Waals surface area contributed by atoms with Crippen LogP contribution < -0.4 is 4.72 Å². The minimum Gasteiger partial charge on any atom is -0.506 e. The molecule has 0 fully saturated rings. The summed E-state index contributed by atoms with van der Waals surface area (Å²) >= 11 is 7.34. The number of phenolic OH excluding ortho intramolecular Hbond substituents is 1. The zero-order valence-electron chi connectivity index (χ0n) is 15.0. The van der Waals surface area contributed by atoms with Crippen molar-refractivity contribution in [1.82, 2.24) is 9.78 Å². The van der Waals surface area contributed by atoms with E-state index in [1.54, 1.807) is 4.68 Å². The van der Waals surface area contributed by atoms with Gasteiger partial charge < -0.3 is 5.11 Å². The Kier molecular flexibility index (Phi) is 5.31. The van der Waals surface area contributed by atoms with Crippen molar-refractivity contribution in [2.75, 3.05) is 4.72 Å². The Balaban J connectivity index is 1.75. The summed E-state index contributed by atoms with van der Waals surface area (Å²) in [6.07, 6.45) is 1.49. The van der Waals surface area contributed by atoms with E-state index in [1.165, 1.54) is 35.7 Å². The molecule has 2 aromatic heterocycles. The molecule has 0 amide bonds. The molecule has 0 saturated heterocycles. The first-order valence-corrected chi connectivity index (χ1v) is 11.3. The summed E-state index contributed by atoms with van der Waals surface area (Å²) in [5, 5.41) is 16.7. The number of anilines is 1. The van der Waals surface area contributed by atoms with E-state index in [-0.39, 0.29) is 16.3 Å². The Bertz CT molecular complexity index is 1240. The molecule has 0 aliphatic rings. The highest BCUT2D eigenvalue weighted by Crippen LogP contribution is 2.33. The maximum Gasteiger partial charge on any atom is 0.265 e. The molecule has 4 aromatic rings. The number of aromatic hydroxyl groups is 1. The van der Waals surface area contributed by atoms with Gasteiger partial charge in [0.15, 0.2) is 0 Å². The summed E-state index contributed by atoms with van der Waals surface area (Å²) in [6.45, 7) is 0.428. The highest BCUT2D eigenvalue weighted by Gasteiger charge is 2.25. The zero-order valence-corrected chi connectivity index (χ0v) is 17.4. The number of aromatic nitrogens is 2. The molecule has 0 aliphatic heterocycles. The first-order valence-electron chi connectivity index (χ1n) is 8.59. The van der Waals surface area contributed by atoms with Crippen molar-refractivity contribution in [2.45, 2.75) is 11.4 Å². The molecule has 6 nitrogen and oxygen atoms in total. The largest absolute Gasteiger partial charge is 0.506 e. The lowest BCUT2D eigenvalue weighted by molar-refractivity contribution is 0.477. The Morgan fingerprint density at radius 3 is 2.62 bits per heavy atom. The van der Waals surface area contributed by atoms with Crippen molar-refractivity contribution >= 4 is 38.6 Å². The summed E-state index contributed by atoms with van der Waals surface area (Å²) in [6, 6.07) is 17.5. The molecule has 2 heterocycles. The fraction of sp³-hybridized carbons (Fsp3) is 0.0500. The quantitative estimate of drug-likeness (QED) is 0.417. The zero-order chi connectivity index (χ0) is 20.4. The topological polar surface area (TPSA) is 84.2 Å². The summed E-state index contributed by atoms with van der Waals surface area (Å²) in [4.78, 5) is 0.753. The van der Waals surface area contributed by atoms with Gasteiger partial charge in [-0.1, -0.05) is 48.0 Å². The minimum atomic E-state index is -4.03. The number of hydrogen-bond donors (Lipinski definition) is 2. The predicted molar refractivity (Wildman–Crippen MR) is 115 cm³/mol. The lowest BCUT2D eigenvalue weighted by Crippen LogP contribution is -2.13. The summed E-state index contributed by atoms with van der Waals surface area (Å²) in [7, 11) is -4.03. The number of benzene rings is 2. The normalized spacial score (nSPS) is 11.5. The lowest BCUT2D eigenvalue weighted by atomic mass is 10.2. The third kappa shape index (κ3) is 4.29. The van der Waals surface area contributed by atoms with E-state index in [4.69, 9.17) is 11.6 Å². The minimum absolute atomic E-state index is 0.00504. The number of nitrogens with one attached hydrogen (secondary N) is 1. The van der Waals surface area contributed by atoms with Crippen molar-refractivity contribution in [2.24, 2.45) is 0 Å². The van der Waals surface area contributed by atoms with E-state index >= 15 is 0 Å². The molecule has 0 saturated carbocycles. The van der Waals surface area contributed by atoms with Crippen LogP contribution in [0.5, 0.6) is 5.75 Å². The van der Waals surface area contributed by atoms with Gasteiger partial charge in [-0.15, -0.1) is 11.3 Å². The molecule has 4 rings (SSSR count). The second-order valence-electron chi connectivity index (χ2n) is 6.27. The van der Waals surface area contributed by atoms with Gasteiger partial charge in [-0.3, -0.25) is 9.40 Å². The van der Waals surface area contributed by atoms with E-state index in [9.17, 15) is 13.5 Å². The molecule has 0 bridgehead atoms. The highest BCUT2D eigenvalue weighted by atomic mass is 35.5. The molecule has 0 spiro atoms. The monoisotopic (exact) mass is 445 g/mol. The Morgan fingerprint density at radius 2 is 1.90 bits per heavy atom. The maximum absolute atomic E-state index is 13.1. The van der Waals surface area contributed by atoms with Crippen LogP contribution in [-0.2, 0) is 16.6 Å². The van der Waals surface area contributed by atoms with E-state index in [0.29, 0.717) is 17.3 Å². The fourth-order valence-electron chi connectivity index (χ4n) is 2.82. The molecule has 148 valence electrons. The van der Waals surface area contributed by atoms with Crippen LogP contribution in [0.2, 0.25) is 5.02 Å². The molecule has 0 aliphatic carbocycles. The van der Waals surface area contributed by atoms with Gasteiger partial charge in [0.2, 0.25) is 0 Å². The van der Waals surface area contributed by atoms with E-state index in [0.717, 1.165) is 10.4 Å². The van der Waals surface area contributed by atoms with Crippen molar-refractivity contribution in [3.05, 3.63) is 82.8 Å². The Hall–Kier alpha value is -2.81. The van der Waals surface area contributed by atoms with Gasteiger partial charge in [-0.2, -0.15) is 5.10 Å². The van der Waals surface area contributed by atoms with Gasteiger partial charge in [0.05, 0.1) is 17.1 Å². The number of phenols is 1. The molecule has 0 atom stereocenters. The van der Waals surface area contributed by atoms with Gasteiger partial charge in [0.25, 0.3) is 10.0 Å². The summed E-state index contributed by atoms with van der Waals surface area (Å²) in [5.41, 5.74) is 1.35. The first-order chi connectivity index (χ1) is 13.9. The van der Waals surface area contributed by atoms with Crippen LogP contribution in [0.1, 0.15) is 5.56 Å². The van der Waals surface area contributed by atoms with Gasteiger partial charge in [0, 0.05) is 11.2 Å². The van der Waals surface area contributed by atoms with Crippen molar-refractivity contribution in [3.8, 4) is 16.3 Å². The molecule has 0 unspecified atom stereocenters. The number of sulfonamides is 1. The highest BCUT2D eigenvalue weighted by molar-refractivity contribution is 7.92. The van der Waals surface area contributed by atoms with E-state index in [2.05, 4.69) is 9.82 Å². The first kappa shape index (κ1) is 19.5. The molecular formula is C20H16ClN3O3S2. The van der Waals surface area contributed by atoms with Gasteiger partial charge in [-0.25, -0.2) is 8.42 Å². The van der Waals surface area contributed by atoms with Crippen LogP contribution in [0.15, 0.2) is 77.1 Å². The third-order valence-corrected chi connectivity index (χ3v) is 6.64. The van der Waals surface area contributed by atoms with Crippen LogP contribution >= 0.6 is 22.9 Å². The number of thiophene rings is 1. The second kappa shape index (κ2) is 7.90. The average Bonchev–Trinajstić information content (AvgIpc) is 3.35. The predicted octanol–water partition coefficient (Wildman–Crippen LogP) is 4.82. The van der Waals surface area contributed by atoms with Crippen LogP contribution in [0, 0.1) is 0 Å². The molecular weight excluding hydrogens is 430 g/mol. The Labute approximate surface area is 177 Å². The third-order valence-electron chi connectivity index (χ3n) is 4.16. The fourth-order valence-corrected chi connectivity index (χ4v) is 5.01. The van der Waals surface area contributed by atoms with E-state index in [1.807, 2.05) is 47.8 Å². The number of nitrogens with zero attached hydrogens (tertiary/aromatic N) is 2. The number of hydrogen-bond acceptors (Lipinski definition) is 5. The molecule has 29 heavy (non-hydrogen) atoms. The van der Waals surface area contributed by atoms with Crippen LogP contribution in [0.4, 0.5) is 5.69 Å². The standard InChI is InChI=1S/C20H16ClN3O3S2/c21-15-8-9-17(25)16(11-15)23-29(26,27)19-13-24(12-14-5-2-1-3-6-14)22-20(19)18-7-4-10-28-18/h1-11,13,23,25H,12H2. The average molecular weight is 446 g/mol. The van der Waals surface area contributed by atoms with Crippen LogP contribution in [0.3, 0.4) is 0 Å². The smallest absolute Gasteiger partial charge is 0.265 e. The van der Waals surface area contributed by atoms with Crippen molar-refractivity contribution < 1.29 is 13.5 Å². The van der Waals surface area contributed by atoms with Crippen LogP contribution in [0.25, 0.3) is 10.6 Å². The number of halogens is 1. The maximum atomic E-state index is 13.1. The Morgan fingerprint density at radius 1 is 1.10 bits per heavy atom. The second-order valence-corrected chi connectivity index (χ2v) is 9.30. The summed E-state index contributed by atoms with van der Waals surface area (Å²) < 4.78 is 30.3. The lowest BCUT2D eigenvalue weighted by Gasteiger charge is -2.09. The van der Waals surface area contributed by atoms with Gasteiger partial charge in [-0.05, 0) is 35.2 Å². The number of rotatable bonds is 6. The van der Waals surface area contributed by atoms with Crippen LogP contribution in [-0.4, -0.2) is 23.3 Å². The molecule has 9 heteroatoms. The SMILES string of the molecule is O=S(=O)(Nc1cc(Cl)ccc1O)c1cn(Cc2ccccc2)nc1-c1cccs1. The molecule has 2 N–H and O–H groups in total. The molecule has 0 radical (unpaired) electrons. The van der Waals surface area contributed by atoms with Gasteiger partial charge in [0.1, 0.15) is 16.3 Å². The molecule has 2 aromatic carbocycles. The van der Waals surface area contributed by atoms with Gasteiger partial charge >= 0.3 is 0 Å². The summed E-state index contributed by atoms with van der Waals surface area (Å²) in [5.74, 6) is -0.215. The van der Waals surface area contributed by atoms with Crippen molar-refractivity contribution in [1.29, 1.82) is 0 Å². The van der Waals surface area contributed by atoms with E-state index < -0.39 is 10.0 Å².